The van der Waals surface area contributed by atoms with E-state index in [4.69, 9.17) is 4.42 Å². The van der Waals surface area contributed by atoms with Crippen LogP contribution in [-0.2, 0) is 0 Å². The second-order valence-electron chi connectivity index (χ2n) is 3.54. The number of hydrogen-bond acceptors (Lipinski definition) is 3. The average Bonchev–Trinajstić information content (AvgIpc) is 2.72. The Kier molecular flexibility index (Phi) is 2.83. The number of nitrogens with one attached hydrogen (secondary N) is 1. The van der Waals surface area contributed by atoms with Crippen LogP contribution in [0.2, 0.25) is 0 Å². The zero-order chi connectivity index (χ0) is 10.7. The standard InChI is InChI=1S/C12H14N2O/c1-9-3-5-14-11(7-9)12(13-2)10-4-6-15-8-10/h3-8,12-13H,1-2H3. The van der Waals surface area contributed by atoms with E-state index in [2.05, 4.69) is 23.3 Å². The second kappa shape index (κ2) is 4.28. The van der Waals surface area contributed by atoms with Gasteiger partial charge in [-0.15, -0.1) is 0 Å². The van der Waals surface area contributed by atoms with E-state index in [1.54, 1.807) is 12.5 Å². The van der Waals surface area contributed by atoms with Crippen LogP contribution in [-0.4, -0.2) is 12.0 Å². The lowest BCUT2D eigenvalue weighted by Gasteiger charge is -2.13. The molecule has 1 atom stereocenters. The molecule has 0 aliphatic carbocycles. The Bertz CT molecular complexity index is 423. The maximum Gasteiger partial charge on any atom is 0.0954 e. The fraction of sp³-hybridized carbons (Fsp3) is 0.250. The van der Waals surface area contributed by atoms with Gasteiger partial charge in [0.15, 0.2) is 0 Å². The molecule has 2 aromatic rings. The zero-order valence-electron chi connectivity index (χ0n) is 8.90. The van der Waals surface area contributed by atoms with Crippen molar-refractivity contribution >= 4 is 0 Å². The normalized spacial score (nSPS) is 12.7. The highest BCUT2D eigenvalue weighted by molar-refractivity contribution is 5.26. The molecular formula is C12H14N2O. The third-order valence-electron chi connectivity index (χ3n) is 2.40. The van der Waals surface area contributed by atoms with Gasteiger partial charge in [-0.25, -0.2) is 0 Å². The fourth-order valence-corrected chi connectivity index (χ4v) is 1.64. The van der Waals surface area contributed by atoms with Gasteiger partial charge in [0.1, 0.15) is 0 Å². The lowest BCUT2D eigenvalue weighted by molar-refractivity contribution is 0.556. The van der Waals surface area contributed by atoms with Crippen LogP contribution in [0.25, 0.3) is 0 Å². The molecule has 0 fully saturated rings. The molecule has 78 valence electrons. The number of nitrogens with zero attached hydrogens (tertiary/aromatic N) is 1. The summed E-state index contributed by atoms with van der Waals surface area (Å²) >= 11 is 0. The molecule has 1 unspecified atom stereocenters. The lowest BCUT2D eigenvalue weighted by Crippen LogP contribution is -2.18. The largest absolute Gasteiger partial charge is 0.472 e. The third kappa shape index (κ3) is 2.07. The van der Waals surface area contributed by atoms with Crippen molar-refractivity contribution in [3.05, 3.63) is 53.7 Å². The quantitative estimate of drug-likeness (QED) is 0.829. The zero-order valence-corrected chi connectivity index (χ0v) is 8.90. The molecule has 2 rings (SSSR count). The Labute approximate surface area is 89.1 Å². The minimum atomic E-state index is 0.101. The molecule has 3 heteroatoms. The predicted molar refractivity (Wildman–Crippen MR) is 58.6 cm³/mol. The highest BCUT2D eigenvalue weighted by atomic mass is 16.3. The van der Waals surface area contributed by atoms with Crippen LogP contribution in [0.1, 0.15) is 22.9 Å². The molecule has 15 heavy (non-hydrogen) atoms. The van der Waals surface area contributed by atoms with E-state index >= 15 is 0 Å². The van der Waals surface area contributed by atoms with E-state index in [1.807, 2.05) is 25.4 Å². The van der Waals surface area contributed by atoms with Crippen molar-refractivity contribution in [2.75, 3.05) is 7.05 Å². The van der Waals surface area contributed by atoms with Gasteiger partial charge in [-0.05, 0) is 37.7 Å². The molecular weight excluding hydrogens is 188 g/mol. The van der Waals surface area contributed by atoms with Crippen LogP contribution in [0.3, 0.4) is 0 Å². The van der Waals surface area contributed by atoms with Crippen LogP contribution in [0, 0.1) is 6.92 Å². The smallest absolute Gasteiger partial charge is 0.0954 e. The highest BCUT2D eigenvalue weighted by Gasteiger charge is 2.13. The minimum Gasteiger partial charge on any atom is -0.472 e. The van der Waals surface area contributed by atoms with Crippen LogP contribution >= 0.6 is 0 Å². The predicted octanol–water partition coefficient (Wildman–Crippen LogP) is 2.29. The summed E-state index contributed by atoms with van der Waals surface area (Å²) in [5.41, 5.74) is 3.32. The van der Waals surface area contributed by atoms with Gasteiger partial charge < -0.3 is 9.73 Å². The highest BCUT2D eigenvalue weighted by Crippen LogP contribution is 2.20. The number of aromatic nitrogens is 1. The molecule has 0 saturated carbocycles. The van der Waals surface area contributed by atoms with E-state index in [0.29, 0.717) is 0 Å². The molecule has 0 aliphatic rings. The summed E-state index contributed by atoms with van der Waals surface area (Å²) in [5.74, 6) is 0. The summed E-state index contributed by atoms with van der Waals surface area (Å²) in [6, 6.07) is 6.12. The molecule has 3 nitrogen and oxygen atoms in total. The molecule has 2 aromatic heterocycles. The summed E-state index contributed by atoms with van der Waals surface area (Å²) in [4.78, 5) is 4.36. The molecule has 2 heterocycles. The van der Waals surface area contributed by atoms with Gasteiger partial charge in [0.25, 0.3) is 0 Å². The SMILES string of the molecule is CNC(c1ccoc1)c1cc(C)ccn1. The maximum absolute atomic E-state index is 5.08. The van der Waals surface area contributed by atoms with Crippen molar-refractivity contribution in [3.8, 4) is 0 Å². The summed E-state index contributed by atoms with van der Waals surface area (Å²) in [7, 11) is 1.92. The van der Waals surface area contributed by atoms with Crippen molar-refractivity contribution in [2.45, 2.75) is 13.0 Å². The Hall–Kier alpha value is -1.61. The number of hydrogen-bond donors (Lipinski definition) is 1. The maximum atomic E-state index is 5.08. The van der Waals surface area contributed by atoms with Gasteiger partial charge in [0.05, 0.1) is 24.3 Å². The molecule has 0 amide bonds. The van der Waals surface area contributed by atoms with Gasteiger partial charge in [-0.3, -0.25) is 4.98 Å². The number of furan rings is 1. The summed E-state index contributed by atoms with van der Waals surface area (Å²) < 4.78 is 5.08. The van der Waals surface area contributed by atoms with Crippen LogP contribution in [0.4, 0.5) is 0 Å². The van der Waals surface area contributed by atoms with Crippen molar-refractivity contribution in [1.29, 1.82) is 0 Å². The lowest BCUT2D eigenvalue weighted by atomic mass is 10.1. The molecule has 1 N–H and O–H groups in total. The summed E-state index contributed by atoms with van der Waals surface area (Å²) in [5, 5.41) is 3.23. The number of pyridine rings is 1. The van der Waals surface area contributed by atoms with Gasteiger partial charge in [-0.2, -0.15) is 0 Å². The topological polar surface area (TPSA) is 38.1 Å². The first-order chi connectivity index (χ1) is 7.31. The minimum absolute atomic E-state index is 0.101. The van der Waals surface area contributed by atoms with Crippen LogP contribution in [0.5, 0.6) is 0 Å². The molecule has 0 saturated heterocycles. The summed E-state index contributed by atoms with van der Waals surface area (Å²) in [6.07, 6.45) is 5.25. The van der Waals surface area contributed by atoms with E-state index < -0.39 is 0 Å². The molecule has 0 aliphatic heterocycles. The Morgan fingerprint density at radius 2 is 2.27 bits per heavy atom. The van der Waals surface area contributed by atoms with Gasteiger partial charge in [0.2, 0.25) is 0 Å². The number of rotatable bonds is 3. The van der Waals surface area contributed by atoms with Crippen LogP contribution < -0.4 is 5.32 Å². The first-order valence-electron chi connectivity index (χ1n) is 4.93. The fourth-order valence-electron chi connectivity index (χ4n) is 1.64. The molecule has 0 radical (unpaired) electrons. The Balaban J connectivity index is 2.35. The first-order valence-corrected chi connectivity index (χ1v) is 4.93. The number of aryl methyl sites for hydroxylation is 1. The summed E-state index contributed by atoms with van der Waals surface area (Å²) in [6.45, 7) is 2.06. The molecule has 0 spiro atoms. The van der Waals surface area contributed by atoms with Gasteiger partial charge in [-0.1, -0.05) is 0 Å². The second-order valence-corrected chi connectivity index (χ2v) is 3.54. The van der Waals surface area contributed by atoms with E-state index in [9.17, 15) is 0 Å². The van der Waals surface area contributed by atoms with Gasteiger partial charge >= 0.3 is 0 Å². The molecule has 0 aromatic carbocycles. The monoisotopic (exact) mass is 202 g/mol. The van der Waals surface area contributed by atoms with E-state index in [-0.39, 0.29) is 6.04 Å². The van der Waals surface area contributed by atoms with Gasteiger partial charge in [0, 0.05) is 11.8 Å². The van der Waals surface area contributed by atoms with E-state index in [0.717, 1.165) is 11.3 Å². The van der Waals surface area contributed by atoms with Crippen molar-refractivity contribution < 1.29 is 4.42 Å². The van der Waals surface area contributed by atoms with Crippen molar-refractivity contribution in [1.82, 2.24) is 10.3 Å². The first kappa shape index (κ1) is 9.93. The molecule has 0 bridgehead atoms. The average molecular weight is 202 g/mol. The van der Waals surface area contributed by atoms with Crippen molar-refractivity contribution in [2.24, 2.45) is 0 Å². The van der Waals surface area contributed by atoms with Crippen LogP contribution in [0.15, 0.2) is 41.3 Å². The third-order valence-corrected chi connectivity index (χ3v) is 2.40. The van der Waals surface area contributed by atoms with E-state index in [1.165, 1.54) is 5.56 Å². The van der Waals surface area contributed by atoms with Crippen molar-refractivity contribution in [3.63, 3.8) is 0 Å². The Morgan fingerprint density at radius 3 is 2.87 bits per heavy atom. The Morgan fingerprint density at radius 1 is 1.40 bits per heavy atom.